The fourth-order valence-corrected chi connectivity index (χ4v) is 3.46. The largest absolute Gasteiger partial charge is 0.397 e. The van der Waals surface area contributed by atoms with Crippen molar-refractivity contribution < 1.29 is 14.3 Å². The number of hydrogen-bond acceptors (Lipinski definition) is 6. The Kier molecular flexibility index (Phi) is 4.84. The van der Waals surface area contributed by atoms with Crippen LogP contribution >= 0.6 is 11.3 Å². The topological polar surface area (TPSA) is 107 Å². The number of ether oxygens (including phenoxy) is 1. The van der Waals surface area contributed by atoms with E-state index in [1.807, 2.05) is 0 Å². The average Bonchev–Trinajstić information content (AvgIpc) is 3.02. The number of nitrogens with one attached hydrogen (secondary N) is 1. The average molecular weight is 311 g/mol. The van der Waals surface area contributed by atoms with Crippen molar-refractivity contribution in [2.24, 2.45) is 17.6 Å². The van der Waals surface area contributed by atoms with Crippen molar-refractivity contribution in [1.29, 1.82) is 0 Å². The van der Waals surface area contributed by atoms with Gasteiger partial charge in [-0.05, 0) is 6.42 Å². The highest BCUT2D eigenvalue weighted by atomic mass is 32.1. The molecular weight excluding hydrogens is 290 g/mol. The molecule has 1 atom stereocenters. The molecule has 0 bridgehead atoms. The Morgan fingerprint density at radius 2 is 2.19 bits per heavy atom. The second kappa shape index (κ2) is 6.44. The molecule has 21 heavy (non-hydrogen) atoms. The molecule has 0 saturated carbocycles. The lowest BCUT2D eigenvalue weighted by atomic mass is 10.1. The van der Waals surface area contributed by atoms with Crippen molar-refractivity contribution in [2.45, 2.75) is 20.3 Å². The van der Waals surface area contributed by atoms with E-state index in [1.54, 1.807) is 13.8 Å². The SMILES string of the molecule is CC(C)C(=O)c1sc(NCC2CCOC2)c(C(N)=O)c1N. The molecule has 0 aromatic carbocycles. The fraction of sp³-hybridized carbons (Fsp3) is 0.571. The fourth-order valence-electron chi connectivity index (χ4n) is 2.24. The van der Waals surface area contributed by atoms with E-state index in [0.29, 0.717) is 28.9 Å². The Morgan fingerprint density at radius 3 is 2.71 bits per heavy atom. The molecule has 0 spiro atoms. The summed E-state index contributed by atoms with van der Waals surface area (Å²) in [6.07, 6.45) is 0.984. The second-order valence-corrected chi connectivity index (χ2v) is 6.56. The van der Waals surface area contributed by atoms with Crippen molar-refractivity contribution in [3.63, 3.8) is 0 Å². The van der Waals surface area contributed by atoms with Gasteiger partial charge in [-0.3, -0.25) is 9.59 Å². The lowest BCUT2D eigenvalue weighted by molar-refractivity contribution is 0.0944. The van der Waals surface area contributed by atoms with Gasteiger partial charge in [0.05, 0.1) is 22.7 Å². The molecule has 1 unspecified atom stereocenters. The number of carbonyl (C=O) groups excluding carboxylic acids is 2. The van der Waals surface area contributed by atoms with Crippen molar-refractivity contribution in [1.82, 2.24) is 0 Å². The molecule has 1 aromatic rings. The zero-order chi connectivity index (χ0) is 15.6. The summed E-state index contributed by atoms with van der Waals surface area (Å²) < 4.78 is 5.31. The van der Waals surface area contributed by atoms with Crippen LogP contribution in [0, 0.1) is 11.8 Å². The summed E-state index contributed by atoms with van der Waals surface area (Å²) in [6.45, 7) is 5.74. The maximum absolute atomic E-state index is 12.1. The van der Waals surface area contributed by atoms with Gasteiger partial charge in [-0.1, -0.05) is 13.8 Å². The Balaban J connectivity index is 2.24. The molecule has 1 fully saturated rings. The molecule has 6 nitrogen and oxygen atoms in total. The van der Waals surface area contributed by atoms with Crippen molar-refractivity contribution in [2.75, 3.05) is 30.8 Å². The van der Waals surface area contributed by atoms with Crippen LogP contribution in [0.1, 0.15) is 40.3 Å². The smallest absolute Gasteiger partial charge is 0.253 e. The molecular formula is C14H21N3O3S. The molecule has 5 N–H and O–H groups in total. The zero-order valence-corrected chi connectivity index (χ0v) is 13.1. The first-order valence-corrected chi connectivity index (χ1v) is 7.81. The van der Waals surface area contributed by atoms with Crippen LogP contribution in [0.5, 0.6) is 0 Å². The number of amides is 1. The Morgan fingerprint density at radius 1 is 1.48 bits per heavy atom. The van der Waals surface area contributed by atoms with Gasteiger partial charge >= 0.3 is 0 Å². The van der Waals surface area contributed by atoms with Gasteiger partial charge in [-0.15, -0.1) is 11.3 Å². The van der Waals surface area contributed by atoms with Crippen molar-refractivity contribution in [3.05, 3.63) is 10.4 Å². The predicted molar refractivity (Wildman–Crippen MR) is 83.8 cm³/mol. The Hall–Kier alpha value is -1.60. The first kappa shape index (κ1) is 15.8. The summed E-state index contributed by atoms with van der Waals surface area (Å²) in [4.78, 5) is 24.2. The number of hydrogen-bond donors (Lipinski definition) is 3. The molecule has 2 heterocycles. The van der Waals surface area contributed by atoms with Crippen molar-refractivity contribution >= 4 is 33.7 Å². The molecule has 2 rings (SSSR count). The van der Waals surface area contributed by atoms with Gasteiger partial charge in [0.15, 0.2) is 5.78 Å². The minimum atomic E-state index is -0.614. The summed E-state index contributed by atoms with van der Waals surface area (Å²) >= 11 is 1.21. The molecule has 0 radical (unpaired) electrons. The van der Waals surface area contributed by atoms with Gasteiger partial charge in [0.25, 0.3) is 5.91 Å². The maximum Gasteiger partial charge on any atom is 0.253 e. The summed E-state index contributed by atoms with van der Waals surface area (Å²) in [7, 11) is 0. The number of nitrogens with two attached hydrogens (primary N) is 2. The normalized spacial score (nSPS) is 18.1. The quantitative estimate of drug-likeness (QED) is 0.693. The second-order valence-electron chi connectivity index (χ2n) is 5.54. The highest BCUT2D eigenvalue weighted by Crippen LogP contribution is 2.37. The molecule has 1 aromatic heterocycles. The van der Waals surface area contributed by atoms with Crippen molar-refractivity contribution in [3.8, 4) is 0 Å². The van der Waals surface area contributed by atoms with Gasteiger partial charge in [0.2, 0.25) is 0 Å². The first-order chi connectivity index (χ1) is 9.91. The van der Waals surface area contributed by atoms with E-state index in [1.165, 1.54) is 11.3 Å². The minimum absolute atomic E-state index is 0.0720. The van der Waals surface area contributed by atoms with E-state index >= 15 is 0 Å². The number of carbonyl (C=O) groups is 2. The van der Waals surface area contributed by atoms with Gasteiger partial charge in [-0.2, -0.15) is 0 Å². The summed E-state index contributed by atoms with van der Waals surface area (Å²) in [5, 5.41) is 3.78. The van der Waals surface area contributed by atoms with E-state index in [-0.39, 0.29) is 23.0 Å². The summed E-state index contributed by atoms with van der Waals surface area (Å²) in [5.74, 6) is -0.463. The van der Waals surface area contributed by atoms with Gasteiger partial charge < -0.3 is 21.5 Å². The zero-order valence-electron chi connectivity index (χ0n) is 12.3. The number of ketones is 1. The van der Waals surface area contributed by atoms with Crippen LogP contribution in [0.4, 0.5) is 10.7 Å². The summed E-state index contributed by atoms with van der Waals surface area (Å²) in [6, 6.07) is 0. The number of primary amides is 1. The third-order valence-electron chi connectivity index (χ3n) is 3.52. The van der Waals surface area contributed by atoms with Crippen LogP contribution in [0.25, 0.3) is 0 Å². The lowest BCUT2D eigenvalue weighted by Gasteiger charge is -2.10. The molecule has 116 valence electrons. The highest BCUT2D eigenvalue weighted by Gasteiger charge is 2.26. The predicted octanol–water partition coefficient (Wildman–Crippen LogP) is 1.72. The number of thiophene rings is 1. The third kappa shape index (κ3) is 3.36. The van der Waals surface area contributed by atoms with Crippen LogP contribution < -0.4 is 16.8 Å². The number of nitrogen functional groups attached to an aromatic ring is 1. The lowest BCUT2D eigenvalue weighted by Crippen LogP contribution is -2.18. The first-order valence-electron chi connectivity index (χ1n) is 6.99. The molecule has 1 aliphatic rings. The van der Waals surface area contributed by atoms with Crippen LogP contribution in [0.15, 0.2) is 0 Å². The van der Waals surface area contributed by atoms with Crippen LogP contribution in [0.2, 0.25) is 0 Å². The number of Topliss-reactive ketones (excluding diaryl/α,β-unsaturated/α-hetero) is 1. The molecule has 1 amide bonds. The van der Waals surface area contributed by atoms with E-state index in [0.717, 1.165) is 13.0 Å². The minimum Gasteiger partial charge on any atom is -0.397 e. The van der Waals surface area contributed by atoms with Gasteiger partial charge in [0, 0.05) is 25.0 Å². The number of rotatable bonds is 6. The molecule has 1 saturated heterocycles. The maximum atomic E-state index is 12.1. The standard InChI is InChI=1S/C14H21N3O3S/c1-7(2)11(18)12-10(15)9(13(16)19)14(21-12)17-5-8-3-4-20-6-8/h7-8,17H,3-6,15H2,1-2H3,(H2,16,19). The molecule has 7 heteroatoms. The number of anilines is 2. The summed E-state index contributed by atoms with van der Waals surface area (Å²) in [5.41, 5.74) is 11.8. The van der Waals surface area contributed by atoms with Crippen LogP contribution in [-0.2, 0) is 4.74 Å². The Labute approximate surface area is 127 Å². The van der Waals surface area contributed by atoms with E-state index in [9.17, 15) is 9.59 Å². The van der Waals surface area contributed by atoms with E-state index in [2.05, 4.69) is 5.32 Å². The van der Waals surface area contributed by atoms with Crippen LogP contribution in [-0.4, -0.2) is 31.4 Å². The molecule has 0 aliphatic carbocycles. The molecule has 1 aliphatic heterocycles. The third-order valence-corrected chi connectivity index (χ3v) is 4.69. The van der Waals surface area contributed by atoms with Crippen LogP contribution in [0.3, 0.4) is 0 Å². The van der Waals surface area contributed by atoms with Gasteiger partial charge in [-0.25, -0.2) is 0 Å². The highest BCUT2D eigenvalue weighted by molar-refractivity contribution is 7.19. The Bertz CT molecular complexity index is 548. The monoisotopic (exact) mass is 311 g/mol. The van der Waals surface area contributed by atoms with E-state index < -0.39 is 5.91 Å². The van der Waals surface area contributed by atoms with Gasteiger partial charge in [0.1, 0.15) is 5.00 Å². The van der Waals surface area contributed by atoms with E-state index in [4.69, 9.17) is 16.2 Å².